The van der Waals surface area contributed by atoms with Crippen LogP contribution in [-0.4, -0.2) is 34.9 Å². The number of aromatic nitrogens is 1. The van der Waals surface area contributed by atoms with E-state index in [-0.39, 0.29) is 5.78 Å². The van der Waals surface area contributed by atoms with Gasteiger partial charge < -0.3 is 9.47 Å². The molecular weight excluding hydrogens is 368 g/mol. The number of hydrogen-bond donors (Lipinski definition) is 0. The van der Waals surface area contributed by atoms with Gasteiger partial charge in [0.1, 0.15) is 0 Å². The number of rotatable bonds is 4. The first-order valence-electron chi connectivity index (χ1n) is 10.9. The molecule has 0 aliphatic carbocycles. The van der Waals surface area contributed by atoms with Gasteiger partial charge in [-0.2, -0.15) is 0 Å². The van der Waals surface area contributed by atoms with Gasteiger partial charge in [-0.3, -0.25) is 4.79 Å². The van der Waals surface area contributed by atoms with E-state index in [0.29, 0.717) is 6.04 Å². The number of likely N-dealkylation sites (N-methyl/N-ethyl adjacent to an activating group) is 1. The number of para-hydroxylation sites is 1. The number of benzene rings is 3. The molecule has 3 nitrogen and oxygen atoms in total. The number of ketones is 1. The maximum Gasteiger partial charge on any atom is 0.195 e. The third kappa shape index (κ3) is 3.23. The first kappa shape index (κ1) is 19.1. The zero-order chi connectivity index (χ0) is 20.7. The molecule has 1 aromatic heterocycles. The van der Waals surface area contributed by atoms with Gasteiger partial charge in [0.2, 0.25) is 0 Å². The minimum atomic E-state index is 0.109. The summed E-state index contributed by atoms with van der Waals surface area (Å²) in [6, 6.07) is 21.1. The molecule has 1 saturated heterocycles. The molecule has 0 N–H and O–H groups in total. The fraction of sp³-hybridized carbons (Fsp3) is 0.296. The highest BCUT2D eigenvalue weighted by Gasteiger charge is 2.23. The van der Waals surface area contributed by atoms with Crippen molar-refractivity contribution in [2.24, 2.45) is 0 Å². The molecule has 0 amide bonds. The van der Waals surface area contributed by atoms with Gasteiger partial charge in [-0.15, -0.1) is 0 Å². The molecule has 0 saturated carbocycles. The van der Waals surface area contributed by atoms with E-state index < -0.39 is 0 Å². The van der Waals surface area contributed by atoms with E-state index in [4.69, 9.17) is 0 Å². The van der Waals surface area contributed by atoms with Crippen molar-refractivity contribution in [3.05, 3.63) is 83.6 Å². The van der Waals surface area contributed by atoms with Gasteiger partial charge in [0.05, 0.1) is 0 Å². The van der Waals surface area contributed by atoms with Gasteiger partial charge in [0.15, 0.2) is 5.78 Å². The van der Waals surface area contributed by atoms with E-state index in [9.17, 15) is 4.79 Å². The van der Waals surface area contributed by atoms with Crippen LogP contribution in [0.15, 0.2) is 66.9 Å². The topological polar surface area (TPSA) is 25.2 Å². The van der Waals surface area contributed by atoms with Gasteiger partial charge in [0, 0.05) is 40.8 Å². The minimum absolute atomic E-state index is 0.109. The zero-order valence-electron chi connectivity index (χ0n) is 17.8. The van der Waals surface area contributed by atoms with E-state index in [1.165, 1.54) is 24.8 Å². The summed E-state index contributed by atoms with van der Waals surface area (Å²) in [4.78, 5) is 16.2. The SMILES string of the molecule is Cc1ccc(C(=O)c2cn(CC3CCCCN3C)c3ccccc23)c2ccccc12. The second-order valence-corrected chi connectivity index (χ2v) is 8.65. The van der Waals surface area contributed by atoms with Crippen LogP contribution in [0.3, 0.4) is 0 Å². The number of hydrogen-bond acceptors (Lipinski definition) is 2. The molecule has 1 fully saturated rings. The Bertz CT molecular complexity index is 1240. The van der Waals surface area contributed by atoms with Gasteiger partial charge in [-0.1, -0.05) is 61.0 Å². The van der Waals surface area contributed by atoms with E-state index in [1.807, 2.05) is 24.3 Å². The number of piperidine rings is 1. The molecule has 1 unspecified atom stereocenters. The molecule has 0 radical (unpaired) electrons. The molecule has 0 spiro atoms. The fourth-order valence-corrected chi connectivity index (χ4v) is 4.97. The average molecular weight is 397 g/mol. The number of likely N-dealkylation sites (tertiary alicyclic amines) is 1. The molecule has 1 atom stereocenters. The highest BCUT2D eigenvalue weighted by Crippen LogP contribution is 2.29. The smallest absolute Gasteiger partial charge is 0.195 e. The Kier molecular flexibility index (Phi) is 4.92. The van der Waals surface area contributed by atoms with Crippen molar-refractivity contribution in [1.82, 2.24) is 9.47 Å². The second kappa shape index (κ2) is 7.73. The van der Waals surface area contributed by atoms with E-state index in [0.717, 1.165) is 45.9 Å². The third-order valence-corrected chi connectivity index (χ3v) is 6.75. The number of carbonyl (C=O) groups is 1. The van der Waals surface area contributed by atoms with Crippen molar-refractivity contribution in [3.63, 3.8) is 0 Å². The highest BCUT2D eigenvalue weighted by atomic mass is 16.1. The van der Waals surface area contributed by atoms with Crippen LogP contribution < -0.4 is 0 Å². The van der Waals surface area contributed by atoms with Crippen molar-refractivity contribution in [2.45, 2.75) is 38.8 Å². The van der Waals surface area contributed by atoms with Crippen LogP contribution in [0.1, 0.15) is 40.7 Å². The predicted octanol–water partition coefficient (Wildman–Crippen LogP) is 5.82. The van der Waals surface area contributed by atoms with E-state index in [1.54, 1.807) is 0 Å². The van der Waals surface area contributed by atoms with Crippen LogP contribution in [-0.2, 0) is 6.54 Å². The molecule has 0 bridgehead atoms. The molecule has 1 aliphatic heterocycles. The Labute approximate surface area is 177 Å². The molecule has 3 heteroatoms. The molecule has 30 heavy (non-hydrogen) atoms. The summed E-state index contributed by atoms with van der Waals surface area (Å²) < 4.78 is 2.30. The van der Waals surface area contributed by atoms with Crippen LogP contribution in [0.4, 0.5) is 0 Å². The molecule has 1 aliphatic rings. The van der Waals surface area contributed by atoms with Gasteiger partial charge in [-0.25, -0.2) is 0 Å². The quantitative estimate of drug-likeness (QED) is 0.406. The van der Waals surface area contributed by atoms with Crippen molar-refractivity contribution in [2.75, 3.05) is 13.6 Å². The normalized spacial score (nSPS) is 17.6. The first-order chi connectivity index (χ1) is 14.6. The third-order valence-electron chi connectivity index (χ3n) is 6.75. The largest absolute Gasteiger partial charge is 0.345 e. The first-order valence-corrected chi connectivity index (χ1v) is 10.9. The van der Waals surface area contributed by atoms with Gasteiger partial charge in [0.25, 0.3) is 0 Å². The fourth-order valence-electron chi connectivity index (χ4n) is 4.97. The summed E-state index contributed by atoms with van der Waals surface area (Å²) in [6.45, 7) is 4.19. The van der Waals surface area contributed by atoms with Crippen LogP contribution in [0.5, 0.6) is 0 Å². The summed E-state index contributed by atoms with van der Waals surface area (Å²) >= 11 is 0. The summed E-state index contributed by atoms with van der Waals surface area (Å²) in [5, 5.41) is 3.23. The number of nitrogens with zero attached hydrogens (tertiary/aromatic N) is 2. The Hall–Kier alpha value is -2.91. The summed E-state index contributed by atoms with van der Waals surface area (Å²) in [7, 11) is 2.22. The maximum atomic E-state index is 13.7. The Morgan fingerprint density at radius 1 is 0.900 bits per heavy atom. The zero-order valence-corrected chi connectivity index (χ0v) is 17.8. The van der Waals surface area contributed by atoms with Crippen LogP contribution in [0, 0.1) is 6.92 Å². The van der Waals surface area contributed by atoms with E-state index in [2.05, 4.69) is 66.0 Å². The summed E-state index contributed by atoms with van der Waals surface area (Å²) in [5.41, 5.74) is 3.94. The van der Waals surface area contributed by atoms with Crippen molar-refractivity contribution >= 4 is 27.5 Å². The lowest BCUT2D eigenvalue weighted by Gasteiger charge is -2.32. The Balaban J connectivity index is 1.60. The molecule has 2 heterocycles. The molecule has 4 aromatic rings. The van der Waals surface area contributed by atoms with Crippen LogP contribution in [0.25, 0.3) is 21.7 Å². The minimum Gasteiger partial charge on any atom is -0.345 e. The lowest BCUT2D eigenvalue weighted by Crippen LogP contribution is -2.39. The molecule has 5 rings (SSSR count). The maximum absolute atomic E-state index is 13.7. The van der Waals surface area contributed by atoms with Crippen molar-refractivity contribution in [1.29, 1.82) is 0 Å². The monoisotopic (exact) mass is 396 g/mol. The average Bonchev–Trinajstić information content (AvgIpc) is 3.14. The summed E-state index contributed by atoms with van der Waals surface area (Å²) in [6.07, 6.45) is 5.87. The number of aryl methyl sites for hydroxylation is 1. The predicted molar refractivity (Wildman–Crippen MR) is 124 cm³/mol. The van der Waals surface area contributed by atoms with Crippen LogP contribution >= 0.6 is 0 Å². The molecule has 3 aromatic carbocycles. The van der Waals surface area contributed by atoms with Gasteiger partial charge >= 0.3 is 0 Å². The van der Waals surface area contributed by atoms with Gasteiger partial charge in [-0.05, 0) is 55.8 Å². The van der Waals surface area contributed by atoms with Crippen LogP contribution in [0.2, 0.25) is 0 Å². The lowest BCUT2D eigenvalue weighted by atomic mass is 9.95. The van der Waals surface area contributed by atoms with Crippen molar-refractivity contribution < 1.29 is 4.79 Å². The summed E-state index contributed by atoms with van der Waals surface area (Å²) in [5.74, 6) is 0.109. The number of fused-ring (bicyclic) bond motifs is 2. The molecule has 152 valence electrons. The molecular formula is C27H28N2O. The van der Waals surface area contributed by atoms with E-state index >= 15 is 0 Å². The second-order valence-electron chi connectivity index (χ2n) is 8.65. The standard InChI is InChI=1S/C27H28N2O/c1-19-14-15-24(22-11-4-3-10-21(19)22)27(30)25-18-29(26-13-6-5-12-23(25)26)17-20-9-7-8-16-28(20)2/h3-6,10-15,18,20H,7-9,16-17H2,1-2H3. The van der Waals surface area contributed by atoms with Crippen molar-refractivity contribution in [3.8, 4) is 0 Å². The number of carbonyl (C=O) groups excluding carboxylic acids is 1. The Morgan fingerprint density at radius 3 is 2.43 bits per heavy atom. The lowest BCUT2D eigenvalue weighted by molar-refractivity contribution is 0.104. The Morgan fingerprint density at radius 2 is 1.63 bits per heavy atom. The highest BCUT2D eigenvalue weighted by molar-refractivity contribution is 6.21.